The molecule has 102 valence electrons. The van der Waals surface area contributed by atoms with Crippen LogP contribution in [0.2, 0.25) is 0 Å². The van der Waals surface area contributed by atoms with Crippen molar-refractivity contribution in [3.8, 4) is 23.0 Å². The van der Waals surface area contributed by atoms with Crippen LogP contribution in [0.25, 0.3) is 23.0 Å². The molecule has 0 saturated heterocycles. The van der Waals surface area contributed by atoms with Crippen molar-refractivity contribution in [1.29, 1.82) is 0 Å². The molecule has 0 spiro atoms. The Hall–Kier alpha value is -2.19. The second kappa shape index (κ2) is 5.06. The molecule has 0 aliphatic carbocycles. The highest BCUT2D eigenvalue weighted by Gasteiger charge is 2.14. The summed E-state index contributed by atoms with van der Waals surface area (Å²) < 4.78 is 31.3. The van der Waals surface area contributed by atoms with E-state index >= 15 is 0 Å². The number of nitrogens with zero attached hydrogens (tertiary/aromatic N) is 3. The molecular weight excluding hydrogens is 286 g/mol. The summed E-state index contributed by atoms with van der Waals surface area (Å²) in [4.78, 5) is 8.26. The first-order chi connectivity index (χ1) is 9.65. The third-order valence-electron chi connectivity index (χ3n) is 2.49. The Morgan fingerprint density at radius 3 is 2.55 bits per heavy atom. The van der Waals surface area contributed by atoms with Gasteiger partial charge in [0.2, 0.25) is 5.82 Å². The van der Waals surface area contributed by atoms with Gasteiger partial charge < -0.3 is 10.3 Å². The van der Waals surface area contributed by atoms with Crippen LogP contribution in [-0.2, 0) is 6.54 Å². The van der Waals surface area contributed by atoms with Gasteiger partial charge in [0.15, 0.2) is 0 Å². The predicted molar refractivity (Wildman–Crippen MR) is 68.6 cm³/mol. The number of thiazole rings is 1. The number of benzene rings is 1. The maximum atomic E-state index is 13.1. The number of nitrogens with two attached hydrogens (primary N) is 1. The van der Waals surface area contributed by atoms with Gasteiger partial charge in [-0.2, -0.15) is 4.98 Å². The van der Waals surface area contributed by atoms with E-state index in [4.69, 9.17) is 10.3 Å². The molecule has 2 N–H and O–H groups in total. The van der Waals surface area contributed by atoms with Crippen molar-refractivity contribution in [2.45, 2.75) is 6.54 Å². The van der Waals surface area contributed by atoms with Crippen molar-refractivity contribution in [1.82, 2.24) is 15.1 Å². The zero-order chi connectivity index (χ0) is 14.1. The standard InChI is InChI=1S/C12H8F2N4OS/c13-7-1-6(2-8(14)3-7)11-17-12(19-18-11)9-5-20-10(4-15)16-9/h1-3,5H,4,15H2. The van der Waals surface area contributed by atoms with Gasteiger partial charge in [-0.15, -0.1) is 11.3 Å². The van der Waals surface area contributed by atoms with Gasteiger partial charge in [-0.3, -0.25) is 0 Å². The number of aromatic nitrogens is 3. The van der Waals surface area contributed by atoms with Crippen LogP contribution in [0.15, 0.2) is 28.1 Å². The van der Waals surface area contributed by atoms with Crippen molar-refractivity contribution in [3.63, 3.8) is 0 Å². The van der Waals surface area contributed by atoms with Gasteiger partial charge in [0.1, 0.15) is 22.3 Å². The van der Waals surface area contributed by atoms with Gasteiger partial charge in [-0.25, -0.2) is 13.8 Å². The van der Waals surface area contributed by atoms with Crippen molar-refractivity contribution in [2.24, 2.45) is 5.73 Å². The minimum atomic E-state index is -0.703. The minimum Gasteiger partial charge on any atom is -0.332 e. The first kappa shape index (κ1) is 12.8. The van der Waals surface area contributed by atoms with E-state index in [1.807, 2.05) is 0 Å². The van der Waals surface area contributed by atoms with Gasteiger partial charge in [0, 0.05) is 23.6 Å². The molecule has 1 aromatic carbocycles. The molecule has 3 aromatic rings. The second-order valence-electron chi connectivity index (χ2n) is 3.91. The number of rotatable bonds is 3. The van der Waals surface area contributed by atoms with Gasteiger partial charge in [0.05, 0.1) is 0 Å². The Balaban J connectivity index is 1.97. The van der Waals surface area contributed by atoms with Gasteiger partial charge in [0.25, 0.3) is 5.89 Å². The molecule has 2 heterocycles. The molecule has 2 aromatic heterocycles. The number of hydrogen-bond donors (Lipinski definition) is 1. The van der Waals surface area contributed by atoms with Crippen molar-refractivity contribution in [3.05, 3.63) is 40.2 Å². The molecule has 0 aliphatic rings. The molecule has 5 nitrogen and oxygen atoms in total. The quantitative estimate of drug-likeness (QED) is 0.803. The second-order valence-corrected chi connectivity index (χ2v) is 4.85. The molecule has 0 unspecified atom stereocenters. The summed E-state index contributed by atoms with van der Waals surface area (Å²) in [6, 6.07) is 3.03. The van der Waals surface area contributed by atoms with Crippen LogP contribution >= 0.6 is 11.3 Å². The molecule has 8 heteroatoms. The Kier molecular flexibility index (Phi) is 3.25. The minimum absolute atomic E-state index is 0.0979. The van der Waals surface area contributed by atoms with Crippen molar-refractivity contribution in [2.75, 3.05) is 0 Å². The highest BCUT2D eigenvalue weighted by molar-refractivity contribution is 7.09. The van der Waals surface area contributed by atoms with Crippen LogP contribution in [0.1, 0.15) is 5.01 Å². The Bertz CT molecular complexity index is 735. The van der Waals surface area contributed by atoms with Crippen LogP contribution in [0.4, 0.5) is 8.78 Å². The molecule has 0 aliphatic heterocycles. The highest BCUT2D eigenvalue weighted by Crippen LogP contribution is 2.24. The monoisotopic (exact) mass is 294 g/mol. The highest BCUT2D eigenvalue weighted by atomic mass is 32.1. The van der Waals surface area contributed by atoms with Crippen LogP contribution in [0.3, 0.4) is 0 Å². The molecular formula is C12H8F2N4OS. The van der Waals surface area contributed by atoms with Crippen molar-refractivity contribution < 1.29 is 13.3 Å². The van der Waals surface area contributed by atoms with Crippen LogP contribution in [-0.4, -0.2) is 15.1 Å². The molecule has 3 rings (SSSR count). The van der Waals surface area contributed by atoms with E-state index in [0.29, 0.717) is 12.2 Å². The zero-order valence-corrected chi connectivity index (χ0v) is 10.8. The van der Waals surface area contributed by atoms with Crippen LogP contribution in [0.5, 0.6) is 0 Å². The number of hydrogen-bond acceptors (Lipinski definition) is 6. The molecule has 0 amide bonds. The Labute approximate surface area is 116 Å². The summed E-state index contributed by atoms with van der Waals surface area (Å²) in [6.45, 7) is 0.320. The fourth-order valence-electron chi connectivity index (χ4n) is 1.63. The summed E-state index contributed by atoms with van der Waals surface area (Å²) in [7, 11) is 0. The Morgan fingerprint density at radius 2 is 1.90 bits per heavy atom. The molecule has 0 bridgehead atoms. The summed E-state index contributed by atoms with van der Waals surface area (Å²) in [5.74, 6) is -1.13. The van der Waals surface area contributed by atoms with Gasteiger partial charge >= 0.3 is 0 Å². The molecule has 20 heavy (non-hydrogen) atoms. The summed E-state index contributed by atoms with van der Waals surface area (Å²) in [6.07, 6.45) is 0. The van der Waals surface area contributed by atoms with Gasteiger partial charge in [-0.1, -0.05) is 5.16 Å². The first-order valence-electron chi connectivity index (χ1n) is 5.61. The topological polar surface area (TPSA) is 77.8 Å². The zero-order valence-electron chi connectivity index (χ0n) is 10.0. The lowest BCUT2D eigenvalue weighted by molar-refractivity contribution is 0.431. The average molecular weight is 294 g/mol. The lowest BCUT2D eigenvalue weighted by Crippen LogP contribution is -1.94. The lowest BCUT2D eigenvalue weighted by Gasteiger charge is -1.95. The third-order valence-corrected chi connectivity index (χ3v) is 3.36. The molecule has 0 fully saturated rings. The van der Waals surface area contributed by atoms with E-state index in [9.17, 15) is 8.78 Å². The van der Waals surface area contributed by atoms with Crippen molar-refractivity contribution >= 4 is 11.3 Å². The third kappa shape index (κ3) is 2.43. The summed E-state index contributed by atoms with van der Waals surface area (Å²) in [5.41, 5.74) is 6.16. The smallest absolute Gasteiger partial charge is 0.277 e. The molecule has 0 saturated carbocycles. The van der Waals surface area contributed by atoms with Gasteiger partial charge in [-0.05, 0) is 12.1 Å². The first-order valence-corrected chi connectivity index (χ1v) is 6.48. The van der Waals surface area contributed by atoms with E-state index in [-0.39, 0.29) is 17.3 Å². The SMILES string of the molecule is NCc1nc(-c2nc(-c3cc(F)cc(F)c3)no2)cs1. The normalized spacial score (nSPS) is 10.9. The molecule has 0 radical (unpaired) electrons. The van der Waals surface area contributed by atoms with Crippen LogP contribution in [0, 0.1) is 11.6 Å². The largest absolute Gasteiger partial charge is 0.332 e. The molecule has 0 atom stereocenters. The van der Waals surface area contributed by atoms with E-state index in [0.717, 1.165) is 23.2 Å². The maximum Gasteiger partial charge on any atom is 0.277 e. The summed E-state index contributed by atoms with van der Waals surface area (Å²) >= 11 is 1.37. The van der Waals surface area contributed by atoms with E-state index < -0.39 is 11.6 Å². The van der Waals surface area contributed by atoms with E-state index in [1.54, 1.807) is 5.38 Å². The van der Waals surface area contributed by atoms with Crippen LogP contribution < -0.4 is 5.73 Å². The number of halogens is 2. The lowest BCUT2D eigenvalue weighted by atomic mass is 10.2. The van der Waals surface area contributed by atoms with E-state index in [2.05, 4.69) is 15.1 Å². The summed E-state index contributed by atoms with van der Waals surface area (Å²) in [5, 5.41) is 6.15. The predicted octanol–water partition coefficient (Wildman–Crippen LogP) is 2.60. The Morgan fingerprint density at radius 1 is 1.15 bits per heavy atom. The average Bonchev–Trinajstić information content (AvgIpc) is 3.06. The fraction of sp³-hybridized carbons (Fsp3) is 0.0833. The fourth-order valence-corrected chi connectivity index (χ4v) is 2.28. The maximum absolute atomic E-state index is 13.1. The van der Waals surface area contributed by atoms with E-state index in [1.165, 1.54) is 11.3 Å².